The Morgan fingerprint density at radius 2 is 2.10 bits per heavy atom. The third-order valence-electron chi connectivity index (χ3n) is 4.88. The molecule has 1 saturated heterocycles. The van der Waals surface area contributed by atoms with Crippen LogP contribution in [0.25, 0.3) is 11.7 Å². The Morgan fingerprint density at radius 3 is 2.81 bits per heavy atom. The van der Waals surface area contributed by atoms with Gasteiger partial charge in [0.2, 0.25) is 0 Å². The van der Waals surface area contributed by atoms with Crippen molar-refractivity contribution in [2.45, 2.75) is 18.9 Å². The van der Waals surface area contributed by atoms with Gasteiger partial charge in [0, 0.05) is 23.7 Å². The van der Waals surface area contributed by atoms with Gasteiger partial charge in [0.1, 0.15) is 23.1 Å². The van der Waals surface area contributed by atoms with Crippen LogP contribution in [0.2, 0.25) is 5.02 Å². The topological polar surface area (TPSA) is 122 Å². The maximum absolute atomic E-state index is 11.9. The molecule has 0 atom stereocenters. The average molecular weight is 440 g/mol. The number of carbonyl (C=O) groups excluding carboxylic acids is 2. The van der Waals surface area contributed by atoms with Gasteiger partial charge >= 0.3 is 6.03 Å². The van der Waals surface area contributed by atoms with Crippen molar-refractivity contribution in [2.24, 2.45) is 0 Å². The van der Waals surface area contributed by atoms with Crippen LogP contribution in [-0.2, 0) is 4.79 Å². The maximum Gasteiger partial charge on any atom is 0.326 e. The number of carbonyl (C=O) groups is 2. The lowest BCUT2D eigenvalue weighted by Gasteiger charge is -2.13. The molecule has 1 saturated carbocycles. The Bertz CT molecular complexity index is 1250. The number of imide groups is 1. The molecule has 3 amide bonds. The monoisotopic (exact) mass is 439 g/mol. The quantitative estimate of drug-likeness (QED) is 0.344. The Kier molecular flexibility index (Phi) is 4.63. The molecule has 3 heterocycles. The summed E-state index contributed by atoms with van der Waals surface area (Å²) in [5.41, 5.74) is 1.85. The fourth-order valence-electron chi connectivity index (χ4n) is 3.19. The Balaban J connectivity index is 1.58. The number of benzene rings is 1. The highest BCUT2D eigenvalue weighted by Gasteiger charge is 2.25. The average Bonchev–Trinajstić information content (AvgIpc) is 3.38. The Labute approximate surface area is 181 Å². The molecule has 2 aliphatic rings. The van der Waals surface area contributed by atoms with Crippen LogP contribution in [0, 0.1) is 0 Å². The molecular weight excluding hydrogens is 422 g/mol. The van der Waals surface area contributed by atoms with E-state index in [-0.39, 0.29) is 5.70 Å². The zero-order valence-corrected chi connectivity index (χ0v) is 17.2. The van der Waals surface area contributed by atoms with E-state index in [1.54, 1.807) is 42.1 Å². The molecule has 31 heavy (non-hydrogen) atoms. The predicted molar refractivity (Wildman–Crippen MR) is 116 cm³/mol. The van der Waals surface area contributed by atoms with Gasteiger partial charge in [0.05, 0.1) is 24.0 Å². The van der Waals surface area contributed by atoms with Crippen LogP contribution >= 0.6 is 11.6 Å². The lowest BCUT2D eigenvalue weighted by molar-refractivity contribution is -0.115. The van der Waals surface area contributed by atoms with Crippen molar-refractivity contribution in [3.05, 3.63) is 46.7 Å². The zero-order valence-electron chi connectivity index (χ0n) is 16.4. The van der Waals surface area contributed by atoms with Gasteiger partial charge in [0.15, 0.2) is 5.65 Å². The first-order valence-electron chi connectivity index (χ1n) is 9.60. The lowest BCUT2D eigenvalue weighted by Crippen LogP contribution is -2.22. The molecule has 1 aliphatic heterocycles. The van der Waals surface area contributed by atoms with E-state index in [4.69, 9.17) is 16.3 Å². The normalized spacial score (nSPS) is 17.0. The van der Waals surface area contributed by atoms with Crippen molar-refractivity contribution in [3.63, 3.8) is 0 Å². The fraction of sp³-hybridized carbons (Fsp3) is 0.200. The van der Waals surface area contributed by atoms with Crippen molar-refractivity contribution >= 4 is 52.6 Å². The number of rotatable bonds is 6. The molecule has 0 bridgehead atoms. The molecule has 2 fully saturated rings. The van der Waals surface area contributed by atoms with Gasteiger partial charge in [-0.25, -0.2) is 9.78 Å². The largest absolute Gasteiger partial charge is 0.497 e. The van der Waals surface area contributed by atoms with Crippen LogP contribution in [0.15, 0.2) is 36.2 Å². The molecule has 0 spiro atoms. The number of fused-ring (bicyclic) bond motifs is 1. The number of halogens is 1. The molecule has 3 aromatic rings. The summed E-state index contributed by atoms with van der Waals surface area (Å²) in [6.07, 6.45) is 5.30. The molecule has 10 nitrogen and oxygen atoms in total. The van der Waals surface area contributed by atoms with Crippen LogP contribution in [0.3, 0.4) is 0 Å². The third kappa shape index (κ3) is 3.84. The number of nitrogens with one attached hydrogen (secondary N) is 4. The van der Waals surface area contributed by atoms with Crippen LogP contribution < -0.4 is 26.0 Å². The first kappa shape index (κ1) is 19.2. The number of ether oxygens (including phenoxy) is 1. The summed E-state index contributed by atoms with van der Waals surface area (Å²) < 4.78 is 6.94. The van der Waals surface area contributed by atoms with Gasteiger partial charge in [0.25, 0.3) is 5.91 Å². The van der Waals surface area contributed by atoms with Crippen molar-refractivity contribution < 1.29 is 14.3 Å². The molecule has 1 aromatic carbocycles. The van der Waals surface area contributed by atoms with Crippen molar-refractivity contribution in [2.75, 3.05) is 17.7 Å². The molecule has 0 radical (unpaired) electrons. The molecule has 2 aromatic heterocycles. The van der Waals surface area contributed by atoms with Gasteiger partial charge in [-0.2, -0.15) is 9.61 Å². The summed E-state index contributed by atoms with van der Waals surface area (Å²) in [5, 5.41) is 16.2. The second-order valence-electron chi connectivity index (χ2n) is 7.22. The van der Waals surface area contributed by atoms with Crippen LogP contribution in [0.5, 0.6) is 5.75 Å². The molecule has 11 heteroatoms. The molecule has 0 unspecified atom stereocenters. The minimum absolute atomic E-state index is 0.132. The van der Waals surface area contributed by atoms with E-state index in [0.29, 0.717) is 39.5 Å². The molecule has 5 rings (SSSR count). The van der Waals surface area contributed by atoms with E-state index in [9.17, 15) is 9.59 Å². The van der Waals surface area contributed by atoms with E-state index in [0.717, 1.165) is 18.7 Å². The Hall–Kier alpha value is -3.79. The Morgan fingerprint density at radius 1 is 1.26 bits per heavy atom. The summed E-state index contributed by atoms with van der Waals surface area (Å²) >= 11 is 6.34. The first-order valence-corrected chi connectivity index (χ1v) is 9.98. The highest BCUT2D eigenvalue weighted by Crippen LogP contribution is 2.32. The number of hydrogen-bond acceptors (Lipinski definition) is 7. The van der Waals surface area contributed by atoms with E-state index < -0.39 is 11.9 Å². The molecular formula is C20H18ClN7O3. The van der Waals surface area contributed by atoms with Gasteiger partial charge in [-0.1, -0.05) is 11.6 Å². The summed E-state index contributed by atoms with van der Waals surface area (Å²) in [5.74, 6) is 1.43. The van der Waals surface area contributed by atoms with Gasteiger partial charge in [-0.05, 0) is 31.1 Å². The second-order valence-corrected chi connectivity index (χ2v) is 7.62. The van der Waals surface area contributed by atoms with Gasteiger partial charge in [-0.15, -0.1) is 0 Å². The van der Waals surface area contributed by atoms with Crippen molar-refractivity contribution in [1.82, 2.24) is 25.2 Å². The smallest absolute Gasteiger partial charge is 0.326 e. The summed E-state index contributed by atoms with van der Waals surface area (Å²) in [6.45, 7) is 0. The van der Waals surface area contributed by atoms with Crippen LogP contribution in [0.1, 0.15) is 18.4 Å². The van der Waals surface area contributed by atoms with Gasteiger partial charge in [-0.3, -0.25) is 10.1 Å². The number of aromatic nitrogens is 3. The molecule has 4 N–H and O–H groups in total. The maximum atomic E-state index is 11.9. The minimum Gasteiger partial charge on any atom is -0.497 e. The van der Waals surface area contributed by atoms with E-state index >= 15 is 0 Å². The van der Waals surface area contributed by atoms with E-state index in [2.05, 4.69) is 31.3 Å². The number of methoxy groups -OCH3 is 1. The highest BCUT2D eigenvalue weighted by atomic mass is 35.5. The first-order chi connectivity index (χ1) is 15.0. The van der Waals surface area contributed by atoms with Crippen molar-refractivity contribution in [3.8, 4) is 5.75 Å². The zero-order chi connectivity index (χ0) is 21.5. The number of anilines is 3. The molecule has 1 aliphatic carbocycles. The summed E-state index contributed by atoms with van der Waals surface area (Å²) in [4.78, 5) is 28.0. The number of hydrogen-bond donors (Lipinski definition) is 4. The SMILES string of the molecule is COc1ccc(Cl)c(Nc2cc(NC3CC3)n3ncc(/C=C4\NC(=O)NC4=O)c3n2)c1. The summed E-state index contributed by atoms with van der Waals surface area (Å²) in [7, 11) is 1.58. The number of amides is 3. The predicted octanol–water partition coefficient (Wildman–Crippen LogP) is 2.89. The van der Waals surface area contributed by atoms with Gasteiger partial charge < -0.3 is 20.7 Å². The summed E-state index contributed by atoms with van der Waals surface area (Å²) in [6, 6.07) is 6.94. The fourth-order valence-corrected chi connectivity index (χ4v) is 3.35. The van der Waals surface area contributed by atoms with Crippen molar-refractivity contribution in [1.29, 1.82) is 0 Å². The second kappa shape index (κ2) is 7.47. The van der Waals surface area contributed by atoms with Crippen LogP contribution in [-0.4, -0.2) is 39.7 Å². The standard InChI is InChI=1S/C20H18ClN7O3/c1-31-12-4-5-13(21)14(7-12)24-16-8-17(23-11-2-3-11)28-18(26-16)10(9-22-28)6-15-19(29)27-20(30)25-15/h4-9,11,23H,2-3H2,1H3,(H,24,26)(H2,25,27,29,30)/b15-6-. The lowest BCUT2D eigenvalue weighted by atomic mass is 10.2. The number of urea groups is 1. The van der Waals surface area contributed by atoms with Crippen LogP contribution in [0.4, 0.5) is 22.1 Å². The molecule has 158 valence electrons. The number of nitrogens with zero attached hydrogens (tertiary/aromatic N) is 3. The third-order valence-corrected chi connectivity index (χ3v) is 5.21. The minimum atomic E-state index is -0.563. The highest BCUT2D eigenvalue weighted by molar-refractivity contribution is 6.33. The van der Waals surface area contributed by atoms with E-state index in [1.807, 2.05) is 6.07 Å². The van der Waals surface area contributed by atoms with E-state index in [1.165, 1.54) is 0 Å².